The van der Waals surface area contributed by atoms with Crippen molar-refractivity contribution in [2.24, 2.45) is 11.8 Å². The first-order valence-corrected chi connectivity index (χ1v) is 8.16. The maximum atomic E-state index is 11.0. The van der Waals surface area contributed by atoms with Gasteiger partial charge in [-0.3, -0.25) is 9.88 Å². The predicted molar refractivity (Wildman–Crippen MR) is 103 cm³/mol. The molecule has 0 amide bonds. The van der Waals surface area contributed by atoms with Crippen LogP contribution in [0, 0.1) is 11.8 Å². The van der Waals surface area contributed by atoms with E-state index in [-0.39, 0.29) is 30.9 Å². The van der Waals surface area contributed by atoms with E-state index in [0.717, 1.165) is 36.0 Å². The van der Waals surface area contributed by atoms with Crippen molar-refractivity contribution in [1.82, 2.24) is 9.88 Å². The molecule has 5 heteroatoms. The molecule has 0 aliphatic carbocycles. The van der Waals surface area contributed by atoms with Gasteiger partial charge in [0, 0.05) is 24.2 Å². The highest BCUT2D eigenvalue weighted by Crippen LogP contribution is 2.41. The number of aromatic nitrogens is 1. The Balaban J connectivity index is 0.00000104. The Bertz CT molecular complexity index is 703. The number of aliphatic hydroxyl groups excluding tert-OH is 1. The second-order valence-corrected chi connectivity index (χ2v) is 6.61. The van der Waals surface area contributed by atoms with Crippen LogP contribution in [0.2, 0.25) is 0 Å². The first kappa shape index (κ1) is 19.2. The van der Waals surface area contributed by atoms with Crippen LogP contribution in [-0.2, 0) is 0 Å². The number of fused-ring (bicyclic) bond motifs is 4. The average molecular weight is 367 g/mol. The number of nitrogens with zero attached hydrogens (tertiary/aromatic N) is 2. The van der Waals surface area contributed by atoms with E-state index in [9.17, 15) is 5.11 Å². The Labute approximate surface area is 155 Å². The van der Waals surface area contributed by atoms with Gasteiger partial charge in [-0.25, -0.2) is 0 Å². The molecular formula is C19H24Cl2N2O. The summed E-state index contributed by atoms with van der Waals surface area (Å²) in [4.78, 5) is 6.86. The van der Waals surface area contributed by atoms with Gasteiger partial charge in [0.2, 0.25) is 0 Å². The quantitative estimate of drug-likeness (QED) is 0.833. The Kier molecular flexibility index (Phi) is 6.27. The summed E-state index contributed by atoms with van der Waals surface area (Å²) in [6, 6.07) is 10.3. The van der Waals surface area contributed by atoms with Crippen LogP contribution in [0.1, 0.15) is 24.5 Å². The molecule has 2 aromatic rings. The van der Waals surface area contributed by atoms with Crippen molar-refractivity contribution in [3.63, 3.8) is 0 Å². The molecule has 24 heavy (non-hydrogen) atoms. The van der Waals surface area contributed by atoms with Crippen LogP contribution in [0.3, 0.4) is 0 Å². The highest BCUT2D eigenvalue weighted by atomic mass is 35.5. The van der Waals surface area contributed by atoms with Gasteiger partial charge in [-0.1, -0.05) is 24.3 Å². The normalized spacial score (nSPS) is 29.4. The molecule has 0 radical (unpaired) electrons. The number of rotatable bonds is 3. The van der Waals surface area contributed by atoms with Crippen LogP contribution in [0.25, 0.3) is 10.9 Å². The van der Waals surface area contributed by atoms with Crippen LogP contribution in [0.15, 0.2) is 49.2 Å². The smallest absolute Gasteiger partial charge is 0.0952 e. The van der Waals surface area contributed by atoms with Crippen molar-refractivity contribution in [1.29, 1.82) is 0 Å². The molecule has 5 atom stereocenters. The second kappa shape index (κ2) is 7.83. The number of pyridine rings is 1. The van der Waals surface area contributed by atoms with Crippen LogP contribution in [-0.4, -0.2) is 34.1 Å². The van der Waals surface area contributed by atoms with Crippen molar-refractivity contribution in [3.05, 3.63) is 54.7 Å². The molecule has 3 nitrogen and oxygen atoms in total. The fourth-order valence-electron chi connectivity index (χ4n) is 4.29. The zero-order valence-electron chi connectivity index (χ0n) is 13.5. The van der Waals surface area contributed by atoms with Gasteiger partial charge in [0.15, 0.2) is 0 Å². The van der Waals surface area contributed by atoms with Crippen molar-refractivity contribution in [2.75, 3.05) is 13.1 Å². The minimum atomic E-state index is -0.443. The van der Waals surface area contributed by atoms with E-state index in [4.69, 9.17) is 0 Å². The standard InChI is InChI=1S/C19H22N2O.2ClH/c1-2-13-12-21-10-8-14(13)11-18(21)19(22)16-7-9-20-17-6-4-3-5-15(16)17;;/h2-7,9,13-14,18-19,22H,1,8,10-12H2;2*1H/t13-,14+,18+,19-;;/m1../s1. The zero-order valence-corrected chi connectivity index (χ0v) is 15.2. The predicted octanol–water partition coefficient (Wildman–Crippen LogP) is 4.01. The summed E-state index contributed by atoms with van der Waals surface area (Å²) >= 11 is 0. The molecule has 4 heterocycles. The number of hydrogen-bond donors (Lipinski definition) is 1. The molecule has 1 aromatic carbocycles. The van der Waals surface area contributed by atoms with Crippen molar-refractivity contribution < 1.29 is 5.11 Å². The monoisotopic (exact) mass is 366 g/mol. The topological polar surface area (TPSA) is 36.4 Å². The summed E-state index contributed by atoms with van der Waals surface area (Å²) in [5.41, 5.74) is 1.97. The molecule has 3 aliphatic heterocycles. The third-order valence-electron chi connectivity index (χ3n) is 5.52. The minimum Gasteiger partial charge on any atom is -0.387 e. The number of benzene rings is 1. The molecule has 1 unspecified atom stereocenters. The molecule has 3 saturated heterocycles. The molecule has 3 fully saturated rings. The van der Waals surface area contributed by atoms with E-state index in [0.29, 0.717) is 11.8 Å². The van der Waals surface area contributed by atoms with E-state index in [1.807, 2.05) is 30.5 Å². The summed E-state index contributed by atoms with van der Waals surface area (Å²) < 4.78 is 0. The van der Waals surface area contributed by atoms with E-state index in [1.54, 1.807) is 0 Å². The summed E-state index contributed by atoms with van der Waals surface area (Å²) in [7, 11) is 0. The summed E-state index contributed by atoms with van der Waals surface area (Å²) in [6.45, 7) is 6.11. The van der Waals surface area contributed by atoms with Crippen molar-refractivity contribution in [2.45, 2.75) is 25.0 Å². The number of halogens is 2. The van der Waals surface area contributed by atoms with E-state index in [1.165, 1.54) is 6.42 Å². The highest BCUT2D eigenvalue weighted by Gasteiger charge is 2.42. The van der Waals surface area contributed by atoms with Gasteiger partial charge < -0.3 is 5.11 Å². The molecular weight excluding hydrogens is 343 g/mol. The molecule has 130 valence electrons. The molecule has 1 N–H and O–H groups in total. The summed E-state index contributed by atoms with van der Waals surface area (Å²) in [5.74, 6) is 1.27. The number of piperidine rings is 3. The second-order valence-electron chi connectivity index (χ2n) is 6.61. The minimum absolute atomic E-state index is 0. The van der Waals surface area contributed by atoms with E-state index < -0.39 is 6.10 Å². The number of para-hydroxylation sites is 1. The van der Waals surface area contributed by atoms with Crippen molar-refractivity contribution >= 4 is 35.7 Å². The van der Waals surface area contributed by atoms with Gasteiger partial charge in [0.25, 0.3) is 0 Å². The molecule has 0 saturated carbocycles. The Morgan fingerprint density at radius 1 is 1.25 bits per heavy atom. The van der Waals surface area contributed by atoms with E-state index >= 15 is 0 Å². The van der Waals surface area contributed by atoms with Gasteiger partial charge >= 0.3 is 0 Å². The van der Waals surface area contributed by atoms with Gasteiger partial charge in [-0.05, 0) is 48.9 Å². The highest BCUT2D eigenvalue weighted by molar-refractivity contribution is 5.85. The Morgan fingerprint density at radius 2 is 2.04 bits per heavy atom. The SMILES string of the molecule is C=C[C@@H]1CN2CC[C@H]1C[C@H]2[C@H](O)c1ccnc2ccccc12.Cl.Cl. The molecule has 1 aromatic heterocycles. The maximum absolute atomic E-state index is 11.0. The summed E-state index contributed by atoms with van der Waals surface area (Å²) in [6.07, 6.45) is 5.76. The molecule has 2 bridgehead atoms. The van der Waals surface area contributed by atoms with Crippen LogP contribution < -0.4 is 0 Å². The lowest BCUT2D eigenvalue weighted by Crippen LogP contribution is -2.54. The lowest BCUT2D eigenvalue weighted by Gasteiger charge is -2.50. The fourth-order valence-corrected chi connectivity index (χ4v) is 4.29. The van der Waals surface area contributed by atoms with Gasteiger partial charge in [-0.15, -0.1) is 31.4 Å². The third-order valence-corrected chi connectivity index (χ3v) is 5.52. The lowest BCUT2D eigenvalue weighted by molar-refractivity contribution is -0.0444. The summed E-state index contributed by atoms with van der Waals surface area (Å²) in [5, 5.41) is 12.1. The molecule has 5 rings (SSSR count). The third kappa shape index (κ3) is 3.18. The maximum Gasteiger partial charge on any atom is 0.0952 e. The fraction of sp³-hybridized carbons (Fsp3) is 0.421. The first-order valence-electron chi connectivity index (χ1n) is 8.16. The van der Waals surface area contributed by atoms with E-state index in [2.05, 4.69) is 28.6 Å². The molecule has 0 spiro atoms. The van der Waals surface area contributed by atoms with Crippen molar-refractivity contribution in [3.8, 4) is 0 Å². The van der Waals surface area contributed by atoms with Crippen LogP contribution >= 0.6 is 24.8 Å². The lowest BCUT2D eigenvalue weighted by atomic mass is 9.73. The zero-order chi connectivity index (χ0) is 15.1. The average Bonchev–Trinajstić information content (AvgIpc) is 2.60. The number of aliphatic hydroxyl groups is 1. The Hall–Kier alpha value is -1.13. The molecule has 3 aliphatic rings. The van der Waals surface area contributed by atoms with Crippen LogP contribution in [0.4, 0.5) is 0 Å². The van der Waals surface area contributed by atoms with Gasteiger partial charge in [-0.2, -0.15) is 0 Å². The first-order chi connectivity index (χ1) is 10.8. The largest absolute Gasteiger partial charge is 0.387 e. The van der Waals surface area contributed by atoms with Gasteiger partial charge in [0.05, 0.1) is 11.6 Å². The van der Waals surface area contributed by atoms with Crippen LogP contribution in [0.5, 0.6) is 0 Å². The Morgan fingerprint density at radius 3 is 2.75 bits per heavy atom. The van der Waals surface area contributed by atoms with Gasteiger partial charge in [0.1, 0.15) is 0 Å². The number of hydrogen-bond acceptors (Lipinski definition) is 3.